The van der Waals surface area contributed by atoms with Gasteiger partial charge >= 0.3 is 0 Å². The maximum atomic E-state index is 12.7. The van der Waals surface area contributed by atoms with E-state index in [2.05, 4.69) is 15.3 Å². The van der Waals surface area contributed by atoms with E-state index in [1.165, 1.54) is 4.68 Å². The minimum absolute atomic E-state index is 0.104. The molecule has 0 radical (unpaired) electrons. The van der Waals surface area contributed by atoms with Crippen molar-refractivity contribution in [2.45, 2.75) is 6.17 Å². The van der Waals surface area contributed by atoms with Crippen molar-refractivity contribution in [1.82, 2.24) is 20.0 Å². The Kier molecular flexibility index (Phi) is 5.27. The molecule has 1 fully saturated rings. The number of dihydropyridines is 1. The van der Waals surface area contributed by atoms with Crippen LogP contribution in [0.5, 0.6) is 0 Å². The van der Waals surface area contributed by atoms with Gasteiger partial charge in [-0.3, -0.25) is 9.69 Å². The summed E-state index contributed by atoms with van der Waals surface area (Å²) in [5, 5.41) is 7.65. The Morgan fingerprint density at radius 3 is 2.70 bits per heavy atom. The van der Waals surface area contributed by atoms with Crippen LogP contribution >= 0.6 is 0 Å². The predicted octanol–water partition coefficient (Wildman–Crippen LogP) is 2.40. The lowest BCUT2D eigenvalue weighted by Crippen LogP contribution is -2.49. The van der Waals surface area contributed by atoms with Gasteiger partial charge in [-0.25, -0.2) is 4.68 Å². The molecule has 2 aliphatic heterocycles. The van der Waals surface area contributed by atoms with Gasteiger partial charge in [0.15, 0.2) is 0 Å². The van der Waals surface area contributed by atoms with Crippen LogP contribution in [-0.4, -0.2) is 53.1 Å². The van der Waals surface area contributed by atoms with E-state index >= 15 is 0 Å². The van der Waals surface area contributed by atoms with Crippen molar-refractivity contribution in [2.24, 2.45) is 0 Å². The minimum atomic E-state index is -0.154. The van der Waals surface area contributed by atoms with Gasteiger partial charge in [-0.15, -0.1) is 0 Å². The Bertz CT molecular complexity index is 877. The van der Waals surface area contributed by atoms with Gasteiger partial charge in [-0.05, 0) is 29.9 Å². The average Bonchev–Trinajstić information content (AvgIpc) is 3.22. The summed E-state index contributed by atoms with van der Waals surface area (Å²) in [5.74, 6) is -0.154. The molecule has 6 nitrogen and oxygen atoms in total. The van der Waals surface area contributed by atoms with E-state index in [4.69, 9.17) is 4.74 Å². The molecule has 1 aromatic heterocycles. The Balaban J connectivity index is 1.39. The number of hydrogen-bond acceptors (Lipinski definition) is 5. The standard InChI is InChI=1S/C21H22N4O2/c26-21(18-7-9-20(22-16-18)24-12-14-27-15-13-24)25-11-10-19(23-25)8-6-17-4-2-1-3-5-17/h1-11,16,20,22H,12-15H2/b8-6+. The second-order valence-electron chi connectivity index (χ2n) is 6.45. The van der Waals surface area contributed by atoms with E-state index in [0.29, 0.717) is 5.57 Å². The van der Waals surface area contributed by atoms with Crippen LogP contribution in [0.1, 0.15) is 16.1 Å². The normalized spacial score (nSPS) is 20.4. The van der Waals surface area contributed by atoms with Gasteiger partial charge in [0.25, 0.3) is 5.91 Å². The van der Waals surface area contributed by atoms with Crippen LogP contribution in [-0.2, 0) is 4.74 Å². The second-order valence-corrected chi connectivity index (χ2v) is 6.45. The van der Waals surface area contributed by atoms with Crippen molar-refractivity contribution in [2.75, 3.05) is 26.3 Å². The fourth-order valence-corrected chi connectivity index (χ4v) is 3.11. The van der Waals surface area contributed by atoms with Crippen molar-refractivity contribution in [3.05, 3.63) is 77.8 Å². The van der Waals surface area contributed by atoms with Crippen LogP contribution in [0, 0.1) is 0 Å². The number of carbonyl (C=O) groups is 1. The van der Waals surface area contributed by atoms with E-state index in [1.54, 1.807) is 12.4 Å². The summed E-state index contributed by atoms with van der Waals surface area (Å²) in [6.07, 6.45) is 11.3. The first kappa shape index (κ1) is 17.5. The number of benzene rings is 1. The number of allylic oxidation sites excluding steroid dienone is 2. The number of carbonyl (C=O) groups excluding carboxylic acids is 1. The number of nitrogens with one attached hydrogen (secondary N) is 1. The third-order valence-electron chi connectivity index (χ3n) is 4.62. The zero-order chi connectivity index (χ0) is 18.5. The first-order chi connectivity index (χ1) is 13.3. The quantitative estimate of drug-likeness (QED) is 0.905. The zero-order valence-corrected chi connectivity index (χ0v) is 15.0. The molecule has 2 aromatic rings. The number of morpholine rings is 1. The molecule has 1 aromatic carbocycles. The molecule has 0 bridgehead atoms. The van der Waals surface area contributed by atoms with Crippen molar-refractivity contribution in [1.29, 1.82) is 0 Å². The lowest BCUT2D eigenvalue weighted by atomic mass is 10.1. The van der Waals surface area contributed by atoms with Crippen LogP contribution < -0.4 is 5.32 Å². The Morgan fingerprint density at radius 2 is 1.96 bits per heavy atom. The summed E-state index contributed by atoms with van der Waals surface area (Å²) in [6.45, 7) is 3.26. The zero-order valence-electron chi connectivity index (χ0n) is 15.0. The van der Waals surface area contributed by atoms with Gasteiger partial charge in [0, 0.05) is 25.5 Å². The van der Waals surface area contributed by atoms with E-state index in [0.717, 1.165) is 37.6 Å². The number of nitrogens with zero attached hydrogens (tertiary/aromatic N) is 3. The van der Waals surface area contributed by atoms with Gasteiger partial charge in [0.2, 0.25) is 0 Å². The molecule has 1 atom stereocenters. The lowest BCUT2D eigenvalue weighted by Gasteiger charge is -2.34. The van der Waals surface area contributed by atoms with E-state index in [9.17, 15) is 4.79 Å². The summed E-state index contributed by atoms with van der Waals surface area (Å²) in [7, 11) is 0. The van der Waals surface area contributed by atoms with E-state index in [-0.39, 0.29) is 12.1 Å². The summed E-state index contributed by atoms with van der Waals surface area (Å²) >= 11 is 0. The number of aromatic nitrogens is 2. The van der Waals surface area contributed by atoms with E-state index in [1.807, 2.05) is 60.7 Å². The molecule has 3 heterocycles. The maximum absolute atomic E-state index is 12.7. The number of ether oxygens (including phenoxy) is 1. The van der Waals surface area contributed by atoms with E-state index < -0.39 is 0 Å². The third-order valence-corrected chi connectivity index (χ3v) is 4.62. The lowest BCUT2D eigenvalue weighted by molar-refractivity contribution is 0.0217. The molecule has 2 aliphatic rings. The monoisotopic (exact) mass is 362 g/mol. The molecular formula is C21H22N4O2. The molecule has 138 valence electrons. The fourth-order valence-electron chi connectivity index (χ4n) is 3.11. The van der Waals surface area contributed by atoms with Gasteiger partial charge in [0.1, 0.15) is 0 Å². The highest BCUT2D eigenvalue weighted by Gasteiger charge is 2.21. The summed E-state index contributed by atoms with van der Waals surface area (Å²) in [4.78, 5) is 14.9. The van der Waals surface area contributed by atoms with Crippen LogP contribution in [0.15, 0.2) is 66.5 Å². The average molecular weight is 362 g/mol. The van der Waals surface area contributed by atoms with Crippen LogP contribution in [0.2, 0.25) is 0 Å². The summed E-state index contributed by atoms with van der Waals surface area (Å²) < 4.78 is 6.75. The Labute approximate surface area is 158 Å². The molecule has 6 heteroatoms. The molecule has 1 N–H and O–H groups in total. The number of rotatable bonds is 4. The Morgan fingerprint density at radius 1 is 1.15 bits per heavy atom. The molecule has 1 saturated heterocycles. The first-order valence-corrected chi connectivity index (χ1v) is 9.09. The fraction of sp³-hybridized carbons (Fsp3) is 0.238. The summed E-state index contributed by atoms with van der Waals surface area (Å²) in [6, 6.07) is 11.8. The highest BCUT2D eigenvalue weighted by Crippen LogP contribution is 2.12. The van der Waals surface area contributed by atoms with Crippen LogP contribution in [0.4, 0.5) is 0 Å². The largest absolute Gasteiger partial charge is 0.379 e. The Hall–Kier alpha value is -2.96. The molecule has 0 amide bonds. The van der Waals surface area contributed by atoms with Gasteiger partial charge < -0.3 is 10.1 Å². The minimum Gasteiger partial charge on any atom is -0.379 e. The van der Waals surface area contributed by atoms with Gasteiger partial charge in [-0.1, -0.05) is 36.4 Å². The highest BCUT2D eigenvalue weighted by molar-refractivity contribution is 5.97. The van der Waals surface area contributed by atoms with Crippen LogP contribution in [0.3, 0.4) is 0 Å². The van der Waals surface area contributed by atoms with Crippen molar-refractivity contribution >= 4 is 18.1 Å². The number of hydrogen-bond donors (Lipinski definition) is 1. The first-order valence-electron chi connectivity index (χ1n) is 9.09. The van der Waals surface area contributed by atoms with Crippen molar-refractivity contribution in [3.63, 3.8) is 0 Å². The molecular weight excluding hydrogens is 340 g/mol. The molecule has 0 aliphatic carbocycles. The third kappa shape index (κ3) is 4.24. The molecule has 4 rings (SSSR count). The molecule has 27 heavy (non-hydrogen) atoms. The van der Waals surface area contributed by atoms with Crippen LogP contribution in [0.25, 0.3) is 12.2 Å². The molecule has 0 spiro atoms. The SMILES string of the molecule is O=C(C1=CNC(N2CCOCC2)C=C1)n1ccc(/C=C/c2ccccc2)n1. The maximum Gasteiger partial charge on any atom is 0.279 e. The molecule has 1 unspecified atom stereocenters. The smallest absolute Gasteiger partial charge is 0.279 e. The van der Waals surface area contributed by atoms with Gasteiger partial charge in [-0.2, -0.15) is 5.10 Å². The topological polar surface area (TPSA) is 59.4 Å². The predicted molar refractivity (Wildman–Crippen MR) is 105 cm³/mol. The molecule has 0 saturated carbocycles. The summed E-state index contributed by atoms with van der Waals surface area (Å²) in [5.41, 5.74) is 2.42. The van der Waals surface area contributed by atoms with Gasteiger partial charge in [0.05, 0.1) is 30.6 Å². The highest BCUT2D eigenvalue weighted by atomic mass is 16.5. The van der Waals surface area contributed by atoms with Crippen molar-refractivity contribution < 1.29 is 9.53 Å². The second kappa shape index (κ2) is 8.16. The van der Waals surface area contributed by atoms with Crippen molar-refractivity contribution in [3.8, 4) is 0 Å².